The van der Waals surface area contributed by atoms with Gasteiger partial charge in [0.2, 0.25) is 5.88 Å². The number of benzene rings is 1. The predicted molar refractivity (Wildman–Crippen MR) is 74.0 cm³/mol. The first-order valence-corrected chi connectivity index (χ1v) is 6.25. The predicted octanol–water partition coefficient (Wildman–Crippen LogP) is 1.36. The van der Waals surface area contributed by atoms with Crippen molar-refractivity contribution in [2.75, 3.05) is 13.7 Å². The second kappa shape index (κ2) is 5.26. The molecule has 0 saturated heterocycles. The highest BCUT2D eigenvalue weighted by Crippen LogP contribution is 2.23. The molecule has 3 aromatic rings. The lowest BCUT2D eigenvalue weighted by atomic mass is 10.2. The molecule has 102 valence electrons. The van der Waals surface area contributed by atoms with Crippen LogP contribution in [0.3, 0.4) is 0 Å². The van der Waals surface area contributed by atoms with Crippen LogP contribution >= 0.6 is 0 Å². The van der Waals surface area contributed by atoms with Crippen LogP contribution in [0.4, 0.5) is 0 Å². The standard InChI is InChI=1S/C14H14N4O2/c1-20-14-12-6-11(2-3-13(12)15-9-16-14)18-8-10(4-5-19)7-17-18/h2-3,6-9,19H,4-5H2,1H3. The summed E-state index contributed by atoms with van der Waals surface area (Å²) in [5.74, 6) is 0.541. The van der Waals surface area contributed by atoms with Crippen molar-refractivity contribution in [2.24, 2.45) is 0 Å². The van der Waals surface area contributed by atoms with Crippen molar-refractivity contribution in [1.82, 2.24) is 19.7 Å². The molecule has 0 aliphatic carbocycles. The van der Waals surface area contributed by atoms with Crippen molar-refractivity contribution >= 4 is 10.9 Å². The second-order valence-electron chi connectivity index (χ2n) is 4.35. The smallest absolute Gasteiger partial charge is 0.224 e. The van der Waals surface area contributed by atoms with Crippen molar-refractivity contribution in [2.45, 2.75) is 6.42 Å². The fourth-order valence-corrected chi connectivity index (χ4v) is 2.09. The highest BCUT2D eigenvalue weighted by molar-refractivity contribution is 5.85. The number of nitrogens with zero attached hydrogens (tertiary/aromatic N) is 4. The number of ether oxygens (including phenoxy) is 1. The molecular formula is C14H14N4O2. The van der Waals surface area contributed by atoms with Gasteiger partial charge >= 0.3 is 0 Å². The summed E-state index contributed by atoms with van der Waals surface area (Å²) >= 11 is 0. The van der Waals surface area contributed by atoms with Gasteiger partial charge in [-0.1, -0.05) is 0 Å². The Hall–Kier alpha value is -2.47. The van der Waals surface area contributed by atoms with E-state index in [1.807, 2.05) is 24.4 Å². The molecule has 0 unspecified atom stereocenters. The Morgan fingerprint density at radius 2 is 2.20 bits per heavy atom. The molecule has 2 aromatic heterocycles. The van der Waals surface area contributed by atoms with Crippen molar-refractivity contribution in [3.8, 4) is 11.6 Å². The molecular weight excluding hydrogens is 256 g/mol. The maximum absolute atomic E-state index is 8.94. The molecule has 0 atom stereocenters. The van der Waals surface area contributed by atoms with Crippen LogP contribution in [0.25, 0.3) is 16.6 Å². The summed E-state index contributed by atoms with van der Waals surface area (Å²) in [6.07, 6.45) is 5.72. The zero-order valence-electron chi connectivity index (χ0n) is 11.0. The van der Waals surface area contributed by atoms with E-state index in [4.69, 9.17) is 9.84 Å². The summed E-state index contributed by atoms with van der Waals surface area (Å²) in [6, 6.07) is 5.77. The molecule has 0 spiro atoms. The number of hydrogen-bond donors (Lipinski definition) is 1. The van der Waals surface area contributed by atoms with Crippen molar-refractivity contribution in [1.29, 1.82) is 0 Å². The summed E-state index contributed by atoms with van der Waals surface area (Å²) in [6.45, 7) is 0.116. The fraction of sp³-hybridized carbons (Fsp3) is 0.214. The fourth-order valence-electron chi connectivity index (χ4n) is 2.09. The van der Waals surface area contributed by atoms with Gasteiger partial charge in [0.1, 0.15) is 6.33 Å². The minimum atomic E-state index is 0.116. The number of aliphatic hydroxyl groups is 1. The lowest BCUT2D eigenvalue weighted by Gasteiger charge is -2.06. The molecule has 0 aliphatic rings. The zero-order chi connectivity index (χ0) is 13.9. The number of aromatic nitrogens is 4. The average Bonchev–Trinajstić information content (AvgIpc) is 2.95. The maximum atomic E-state index is 8.94. The van der Waals surface area contributed by atoms with E-state index in [0.29, 0.717) is 12.3 Å². The third kappa shape index (κ3) is 2.21. The van der Waals surface area contributed by atoms with Crippen LogP contribution in [0.2, 0.25) is 0 Å². The van der Waals surface area contributed by atoms with Crippen molar-refractivity contribution in [3.05, 3.63) is 42.5 Å². The number of rotatable bonds is 4. The van der Waals surface area contributed by atoms with Gasteiger partial charge in [-0.25, -0.2) is 14.6 Å². The molecule has 6 nitrogen and oxygen atoms in total. The topological polar surface area (TPSA) is 73.1 Å². The monoisotopic (exact) mass is 270 g/mol. The molecule has 0 bridgehead atoms. The molecule has 0 saturated carbocycles. The van der Waals surface area contributed by atoms with Crippen LogP contribution in [0, 0.1) is 0 Å². The molecule has 20 heavy (non-hydrogen) atoms. The van der Waals surface area contributed by atoms with E-state index in [0.717, 1.165) is 22.2 Å². The minimum Gasteiger partial charge on any atom is -0.480 e. The van der Waals surface area contributed by atoms with Gasteiger partial charge in [0.05, 0.1) is 29.9 Å². The van der Waals surface area contributed by atoms with E-state index in [-0.39, 0.29) is 6.61 Å². The molecule has 1 aromatic carbocycles. The van der Waals surface area contributed by atoms with E-state index < -0.39 is 0 Å². The lowest BCUT2D eigenvalue weighted by molar-refractivity contribution is 0.299. The summed E-state index contributed by atoms with van der Waals surface area (Å²) in [5.41, 5.74) is 2.71. The highest BCUT2D eigenvalue weighted by Gasteiger charge is 2.07. The molecule has 0 fully saturated rings. The molecule has 6 heteroatoms. The summed E-state index contributed by atoms with van der Waals surface area (Å²) in [5, 5.41) is 14.1. The number of fused-ring (bicyclic) bond motifs is 1. The Bertz CT molecular complexity index is 739. The molecule has 1 N–H and O–H groups in total. The van der Waals surface area contributed by atoms with Crippen LogP contribution in [-0.2, 0) is 6.42 Å². The third-order valence-corrected chi connectivity index (χ3v) is 3.08. The van der Waals surface area contributed by atoms with Gasteiger partial charge in [0.25, 0.3) is 0 Å². The summed E-state index contributed by atoms with van der Waals surface area (Å²) in [7, 11) is 1.59. The van der Waals surface area contributed by atoms with Crippen LogP contribution in [0.15, 0.2) is 36.9 Å². The van der Waals surface area contributed by atoms with E-state index in [2.05, 4.69) is 15.1 Å². The summed E-state index contributed by atoms with van der Waals surface area (Å²) in [4.78, 5) is 8.30. The average molecular weight is 270 g/mol. The molecule has 2 heterocycles. The quantitative estimate of drug-likeness (QED) is 0.775. The Labute approximate surface area is 115 Å². The Balaban J connectivity index is 2.07. The lowest BCUT2D eigenvalue weighted by Crippen LogP contribution is -1.96. The van der Waals surface area contributed by atoms with E-state index >= 15 is 0 Å². The molecule has 0 radical (unpaired) electrons. The SMILES string of the molecule is COc1ncnc2ccc(-n3cc(CCO)cn3)cc12. The van der Waals surface area contributed by atoms with Crippen LogP contribution in [0.5, 0.6) is 5.88 Å². The minimum absolute atomic E-state index is 0.116. The van der Waals surface area contributed by atoms with Gasteiger partial charge in [-0.2, -0.15) is 5.10 Å². The number of methoxy groups -OCH3 is 1. The van der Waals surface area contributed by atoms with E-state index in [1.165, 1.54) is 6.33 Å². The maximum Gasteiger partial charge on any atom is 0.224 e. The third-order valence-electron chi connectivity index (χ3n) is 3.08. The number of aliphatic hydroxyl groups excluding tert-OH is 1. The van der Waals surface area contributed by atoms with Gasteiger partial charge in [-0.3, -0.25) is 0 Å². The van der Waals surface area contributed by atoms with Crippen molar-refractivity contribution in [3.63, 3.8) is 0 Å². The molecule has 0 aliphatic heterocycles. The molecule has 0 amide bonds. The first-order valence-electron chi connectivity index (χ1n) is 6.25. The Kier molecular flexibility index (Phi) is 3.30. The second-order valence-corrected chi connectivity index (χ2v) is 4.35. The normalized spacial score (nSPS) is 10.9. The van der Waals surface area contributed by atoms with Gasteiger partial charge in [0.15, 0.2) is 0 Å². The first kappa shape index (κ1) is 12.6. The summed E-state index contributed by atoms with van der Waals surface area (Å²) < 4.78 is 7.01. The van der Waals surface area contributed by atoms with E-state index in [1.54, 1.807) is 18.0 Å². The van der Waals surface area contributed by atoms with Gasteiger partial charge in [0, 0.05) is 12.8 Å². The van der Waals surface area contributed by atoms with Crippen LogP contribution in [0.1, 0.15) is 5.56 Å². The van der Waals surface area contributed by atoms with Crippen molar-refractivity contribution < 1.29 is 9.84 Å². The van der Waals surface area contributed by atoms with E-state index in [9.17, 15) is 0 Å². The Morgan fingerprint density at radius 1 is 1.30 bits per heavy atom. The van der Waals surface area contributed by atoms with Gasteiger partial charge < -0.3 is 9.84 Å². The zero-order valence-corrected chi connectivity index (χ0v) is 11.0. The highest BCUT2D eigenvalue weighted by atomic mass is 16.5. The number of hydrogen-bond acceptors (Lipinski definition) is 5. The van der Waals surface area contributed by atoms with Gasteiger partial charge in [-0.05, 0) is 30.2 Å². The molecule has 3 rings (SSSR count). The Morgan fingerprint density at radius 3 is 3.00 bits per heavy atom. The first-order chi connectivity index (χ1) is 9.81. The van der Waals surface area contributed by atoms with Gasteiger partial charge in [-0.15, -0.1) is 0 Å². The largest absolute Gasteiger partial charge is 0.480 e. The van der Waals surface area contributed by atoms with Crippen LogP contribution < -0.4 is 4.74 Å². The van der Waals surface area contributed by atoms with Crippen LogP contribution in [-0.4, -0.2) is 38.6 Å².